The fourth-order valence-electron chi connectivity index (χ4n) is 1.45. The number of carbonyl (C=O) groups excluding carboxylic acids is 1. The summed E-state index contributed by atoms with van der Waals surface area (Å²) in [5, 5.41) is 4.47. The lowest BCUT2D eigenvalue weighted by atomic mass is 10.2. The minimum atomic E-state index is -0.541. The van der Waals surface area contributed by atoms with Crippen LogP contribution in [0.3, 0.4) is 0 Å². The molecule has 0 unspecified atom stereocenters. The summed E-state index contributed by atoms with van der Waals surface area (Å²) in [4.78, 5) is 12.7. The van der Waals surface area contributed by atoms with Gasteiger partial charge in [-0.05, 0) is 24.3 Å². The normalized spacial score (nSPS) is 9.75. The second kappa shape index (κ2) is 6.53. The van der Waals surface area contributed by atoms with Gasteiger partial charge in [-0.25, -0.2) is 4.39 Å². The Balaban J connectivity index is 2.15. The van der Waals surface area contributed by atoms with Crippen LogP contribution < -0.4 is 11.1 Å². The van der Waals surface area contributed by atoms with E-state index in [1.165, 1.54) is 29.5 Å². The van der Waals surface area contributed by atoms with Crippen molar-refractivity contribution < 1.29 is 9.18 Å². The Morgan fingerprint density at radius 2 is 2.25 bits per heavy atom. The van der Waals surface area contributed by atoms with Crippen LogP contribution in [0.1, 0.15) is 15.2 Å². The lowest BCUT2D eigenvalue weighted by Crippen LogP contribution is -2.12. The number of rotatable bonds is 2. The molecule has 0 aliphatic heterocycles. The van der Waals surface area contributed by atoms with Gasteiger partial charge in [0.15, 0.2) is 0 Å². The van der Waals surface area contributed by atoms with Crippen molar-refractivity contribution in [2.45, 2.75) is 0 Å². The van der Waals surface area contributed by atoms with E-state index in [0.29, 0.717) is 10.6 Å². The standard InChI is InChI=1S/C14H10ClFN2OS/c15-10-3-4-12(16)13(7-10)18-14(19)9-6-11(20-8-9)2-1-5-17/h3-4,6-8H,5,17H2,(H,18,19). The molecule has 20 heavy (non-hydrogen) atoms. The van der Waals surface area contributed by atoms with Crippen molar-refractivity contribution in [3.8, 4) is 11.8 Å². The summed E-state index contributed by atoms with van der Waals surface area (Å²) in [6.07, 6.45) is 0. The molecule has 1 heterocycles. The van der Waals surface area contributed by atoms with Crippen LogP contribution in [0.15, 0.2) is 29.6 Å². The van der Waals surface area contributed by atoms with Crippen LogP contribution in [0.5, 0.6) is 0 Å². The largest absolute Gasteiger partial charge is 0.320 e. The molecule has 2 rings (SSSR count). The molecule has 1 amide bonds. The van der Waals surface area contributed by atoms with E-state index in [2.05, 4.69) is 17.2 Å². The van der Waals surface area contributed by atoms with Crippen LogP contribution in [0.25, 0.3) is 0 Å². The first kappa shape index (κ1) is 14.5. The van der Waals surface area contributed by atoms with E-state index in [9.17, 15) is 9.18 Å². The summed E-state index contributed by atoms with van der Waals surface area (Å²) in [7, 11) is 0. The molecule has 0 radical (unpaired) electrons. The first-order valence-electron chi connectivity index (χ1n) is 5.64. The van der Waals surface area contributed by atoms with E-state index in [4.69, 9.17) is 17.3 Å². The molecule has 0 saturated heterocycles. The molecule has 0 saturated carbocycles. The lowest BCUT2D eigenvalue weighted by molar-refractivity contribution is 0.102. The Morgan fingerprint density at radius 1 is 1.45 bits per heavy atom. The third-order valence-corrected chi connectivity index (χ3v) is 3.43. The Kier molecular flexibility index (Phi) is 4.74. The van der Waals surface area contributed by atoms with Gasteiger partial charge >= 0.3 is 0 Å². The molecular weight excluding hydrogens is 299 g/mol. The second-order valence-electron chi connectivity index (χ2n) is 3.78. The predicted molar refractivity (Wildman–Crippen MR) is 79.6 cm³/mol. The zero-order valence-corrected chi connectivity index (χ0v) is 11.8. The molecule has 0 atom stereocenters. The highest BCUT2D eigenvalue weighted by Crippen LogP contribution is 2.21. The number of carbonyl (C=O) groups is 1. The van der Waals surface area contributed by atoms with Crippen LogP contribution in [-0.4, -0.2) is 12.5 Å². The van der Waals surface area contributed by atoms with Crippen molar-refractivity contribution in [1.29, 1.82) is 0 Å². The molecule has 102 valence electrons. The maximum absolute atomic E-state index is 13.5. The quantitative estimate of drug-likeness (QED) is 0.838. The fourth-order valence-corrected chi connectivity index (χ4v) is 2.37. The average molecular weight is 309 g/mol. The van der Waals surface area contributed by atoms with Gasteiger partial charge in [0.1, 0.15) is 5.82 Å². The molecule has 6 heteroatoms. The molecule has 2 aromatic rings. The Hall–Kier alpha value is -1.87. The van der Waals surface area contributed by atoms with Gasteiger partial charge in [-0.2, -0.15) is 0 Å². The number of hydrogen-bond donors (Lipinski definition) is 2. The summed E-state index contributed by atoms with van der Waals surface area (Å²) in [5.41, 5.74) is 5.73. The molecule has 0 aliphatic rings. The number of halogens is 2. The zero-order valence-electron chi connectivity index (χ0n) is 10.2. The summed E-state index contributed by atoms with van der Waals surface area (Å²) < 4.78 is 13.5. The van der Waals surface area contributed by atoms with Gasteiger partial charge < -0.3 is 11.1 Å². The van der Waals surface area contributed by atoms with Gasteiger partial charge in [0.2, 0.25) is 0 Å². The molecule has 0 fully saturated rings. The monoisotopic (exact) mass is 308 g/mol. The highest BCUT2D eigenvalue weighted by molar-refractivity contribution is 7.10. The number of anilines is 1. The average Bonchev–Trinajstić information content (AvgIpc) is 2.89. The van der Waals surface area contributed by atoms with E-state index < -0.39 is 11.7 Å². The minimum Gasteiger partial charge on any atom is -0.320 e. The first-order valence-corrected chi connectivity index (χ1v) is 6.90. The highest BCUT2D eigenvalue weighted by Gasteiger charge is 2.11. The topological polar surface area (TPSA) is 55.1 Å². The molecule has 0 aliphatic carbocycles. The molecule has 1 aromatic heterocycles. The van der Waals surface area contributed by atoms with Crippen molar-refractivity contribution in [1.82, 2.24) is 0 Å². The zero-order chi connectivity index (χ0) is 14.5. The molecule has 0 bridgehead atoms. The van der Waals surface area contributed by atoms with Gasteiger partial charge in [0.05, 0.1) is 22.7 Å². The number of nitrogens with two attached hydrogens (primary N) is 1. The molecule has 3 nitrogen and oxygen atoms in total. The van der Waals surface area contributed by atoms with Gasteiger partial charge in [0.25, 0.3) is 5.91 Å². The van der Waals surface area contributed by atoms with Crippen molar-refractivity contribution in [2.24, 2.45) is 5.73 Å². The number of thiophene rings is 1. The predicted octanol–water partition coefficient (Wildman–Crippen LogP) is 3.10. The van der Waals surface area contributed by atoms with Gasteiger partial charge in [-0.1, -0.05) is 23.4 Å². The van der Waals surface area contributed by atoms with Crippen molar-refractivity contribution in [2.75, 3.05) is 11.9 Å². The van der Waals surface area contributed by atoms with Gasteiger partial charge in [-0.15, -0.1) is 11.3 Å². The smallest absolute Gasteiger partial charge is 0.256 e. The van der Waals surface area contributed by atoms with Crippen molar-refractivity contribution in [3.63, 3.8) is 0 Å². The minimum absolute atomic E-state index is 0.0447. The maximum Gasteiger partial charge on any atom is 0.256 e. The van der Waals surface area contributed by atoms with Crippen LogP contribution >= 0.6 is 22.9 Å². The van der Waals surface area contributed by atoms with E-state index in [0.717, 1.165) is 4.88 Å². The third-order valence-electron chi connectivity index (χ3n) is 2.35. The van der Waals surface area contributed by atoms with Gasteiger partial charge in [0, 0.05) is 10.4 Å². The van der Waals surface area contributed by atoms with E-state index in [1.54, 1.807) is 11.4 Å². The molecule has 0 spiro atoms. The highest BCUT2D eigenvalue weighted by atomic mass is 35.5. The summed E-state index contributed by atoms with van der Waals surface area (Å²) >= 11 is 7.09. The first-order chi connectivity index (χ1) is 9.60. The maximum atomic E-state index is 13.5. The Labute approximate surface area is 124 Å². The van der Waals surface area contributed by atoms with Crippen LogP contribution in [0.4, 0.5) is 10.1 Å². The fraction of sp³-hybridized carbons (Fsp3) is 0.0714. The lowest BCUT2D eigenvalue weighted by Gasteiger charge is -2.05. The number of amides is 1. The van der Waals surface area contributed by atoms with Crippen LogP contribution in [-0.2, 0) is 0 Å². The third kappa shape index (κ3) is 3.58. The van der Waals surface area contributed by atoms with Crippen molar-refractivity contribution >= 4 is 34.5 Å². The van der Waals surface area contributed by atoms with E-state index in [-0.39, 0.29) is 12.2 Å². The summed E-state index contributed by atoms with van der Waals surface area (Å²) in [5.74, 6) is 4.58. The second-order valence-corrected chi connectivity index (χ2v) is 5.13. The number of benzene rings is 1. The van der Waals surface area contributed by atoms with E-state index >= 15 is 0 Å². The Morgan fingerprint density at radius 3 is 3.00 bits per heavy atom. The molecule has 1 aromatic carbocycles. The molecule has 3 N–H and O–H groups in total. The van der Waals surface area contributed by atoms with Crippen LogP contribution in [0.2, 0.25) is 5.02 Å². The van der Waals surface area contributed by atoms with Gasteiger partial charge in [-0.3, -0.25) is 4.79 Å². The Bertz CT molecular complexity index is 703. The molecular formula is C14H10ClFN2OS. The SMILES string of the molecule is NCC#Cc1cc(C(=O)Nc2cc(Cl)ccc2F)cs1. The summed E-state index contributed by atoms with van der Waals surface area (Å²) in [6.45, 7) is 0.257. The number of nitrogens with one attached hydrogen (secondary N) is 1. The number of hydrogen-bond acceptors (Lipinski definition) is 3. The van der Waals surface area contributed by atoms with Crippen LogP contribution in [0, 0.1) is 17.7 Å². The van der Waals surface area contributed by atoms with Crippen molar-refractivity contribution in [3.05, 3.63) is 50.9 Å². The summed E-state index contributed by atoms with van der Waals surface area (Å²) in [6, 6.07) is 5.60. The van der Waals surface area contributed by atoms with E-state index in [1.807, 2.05) is 0 Å².